The molecule has 9 rings (SSSR count). The second-order valence-corrected chi connectivity index (χ2v) is 15.2. The van der Waals surface area contributed by atoms with Gasteiger partial charge in [-0.2, -0.15) is 9.97 Å². The maximum absolute atomic E-state index is 14.7. The third-order valence-electron chi connectivity index (χ3n) is 11.7. The van der Waals surface area contributed by atoms with Crippen LogP contribution in [0.4, 0.5) is 10.2 Å². The zero-order chi connectivity index (χ0) is 33.4. The van der Waals surface area contributed by atoms with Crippen LogP contribution in [0.3, 0.4) is 0 Å². The summed E-state index contributed by atoms with van der Waals surface area (Å²) in [6.07, 6.45) is 7.09. The molecular weight excluding hydrogens is 643 g/mol. The first-order valence-corrected chi connectivity index (χ1v) is 18.1. The molecule has 254 valence electrons. The summed E-state index contributed by atoms with van der Waals surface area (Å²) in [5.41, 5.74) is 5.00. The second-order valence-electron chi connectivity index (χ2n) is 14.8. The van der Waals surface area contributed by atoms with Gasteiger partial charge in [0, 0.05) is 43.5 Å². The lowest BCUT2D eigenvalue weighted by Crippen LogP contribution is -2.56. The average molecular weight is 683 g/mol. The van der Waals surface area contributed by atoms with Crippen molar-refractivity contribution < 1.29 is 18.7 Å². The van der Waals surface area contributed by atoms with Gasteiger partial charge < -0.3 is 24.1 Å². The number of alkyl halides is 1. The van der Waals surface area contributed by atoms with Crippen LogP contribution < -0.4 is 14.4 Å². The molecule has 0 N–H and O–H groups in total. The number of anilines is 1. The highest BCUT2D eigenvalue weighted by Gasteiger charge is 2.50. The molecule has 2 unspecified atom stereocenters. The third-order valence-corrected chi connectivity index (χ3v) is 12.0. The molecule has 3 saturated heterocycles. The Morgan fingerprint density at radius 1 is 1.22 bits per heavy atom. The Balaban J connectivity index is 1.18. The summed E-state index contributed by atoms with van der Waals surface area (Å²) in [5, 5.41) is 1.32. The van der Waals surface area contributed by atoms with Crippen LogP contribution in [0.2, 0.25) is 5.02 Å². The van der Waals surface area contributed by atoms with Gasteiger partial charge in [0.15, 0.2) is 5.75 Å². The smallest absolute Gasteiger partial charge is 0.319 e. The van der Waals surface area contributed by atoms with Gasteiger partial charge in [-0.25, -0.2) is 11.0 Å². The van der Waals surface area contributed by atoms with Crippen LogP contribution in [-0.2, 0) is 11.2 Å². The van der Waals surface area contributed by atoms with Crippen molar-refractivity contribution in [2.24, 2.45) is 5.92 Å². The quantitative estimate of drug-likeness (QED) is 0.196. The number of amides is 1. The van der Waals surface area contributed by atoms with Gasteiger partial charge in [-0.3, -0.25) is 9.69 Å². The molecule has 0 spiro atoms. The van der Waals surface area contributed by atoms with E-state index in [4.69, 9.17) is 37.6 Å². The van der Waals surface area contributed by atoms with Crippen LogP contribution in [-0.4, -0.2) is 95.4 Å². The Bertz CT molecular complexity index is 1910. The first-order valence-electron chi connectivity index (χ1n) is 17.7. The van der Waals surface area contributed by atoms with Gasteiger partial charge in [0.2, 0.25) is 12.5 Å². The lowest BCUT2D eigenvalue weighted by molar-refractivity contribution is -0.128. The summed E-state index contributed by atoms with van der Waals surface area (Å²) >= 11 is 7.30. The van der Waals surface area contributed by atoms with Crippen LogP contribution in [0.1, 0.15) is 55.6 Å². The Kier molecular flexibility index (Phi) is 7.51. The predicted octanol–water partition coefficient (Wildman–Crippen LogP) is 6.23. The summed E-state index contributed by atoms with van der Waals surface area (Å²) in [6.45, 7) is 14.4. The maximum Gasteiger partial charge on any atom is 0.319 e. The molecule has 0 bridgehead atoms. The molecule has 5 fully saturated rings. The van der Waals surface area contributed by atoms with Crippen molar-refractivity contribution in [2.45, 2.75) is 74.7 Å². The molecule has 49 heavy (non-hydrogen) atoms. The van der Waals surface area contributed by atoms with Crippen LogP contribution in [0.25, 0.3) is 26.9 Å². The fourth-order valence-electron chi connectivity index (χ4n) is 9.09. The van der Waals surface area contributed by atoms with Crippen molar-refractivity contribution in [3.8, 4) is 22.9 Å². The van der Waals surface area contributed by atoms with Crippen molar-refractivity contribution in [1.29, 1.82) is 0 Å². The number of aromatic nitrogens is 2. The zero-order valence-corrected chi connectivity index (χ0v) is 28.3. The fraction of sp³-hybridized carbons (Fsp3) is 0.526. The Hall–Kier alpha value is -3.94. The minimum absolute atomic E-state index is 0.0794. The van der Waals surface area contributed by atoms with E-state index in [1.54, 1.807) is 4.90 Å². The molecule has 3 aliphatic heterocycles. The number of ether oxygens (including phenoxy) is 2. The molecular formula is C38H40ClFN6O3. The van der Waals surface area contributed by atoms with E-state index in [1.807, 2.05) is 6.07 Å². The SMILES string of the molecule is [C-]#[N+]C[C@H]1CN(c2nc(OC[C@@]34CCCN3C[C@H](F)C4)nc3c(OC4CC4)c(-c4cccc5c4CC4CC54)c(Cl)cc23)CCN1C(=O)C=C. The molecule has 5 atom stereocenters. The number of nitrogens with zero attached hydrogens (tertiary/aromatic N) is 6. The first-order chi connectivity index (χ1) is 23.9. The number of hydrogen-bond acceptors (Lipinski definition) is 7. The van der Waals surface area contributed by atoms with Crippen molar-refractivity contribution in [2.75, 3.05) is 50.8 Å². The van der Waals surface area contributed by atoms with E-state index in [9.17, 15) is 9.18 Å². The molecule has 4 heterocycles. The Morgan fingerprint density at radius 3 is 2.92 bits per heavy atom. The average Bonchev–Trinajstić information content (AvgIpc) is 3.98. The molecule has 11 heteroatoms. The molecule has 1 amide bonds. The van der Waals surface area contributed by atoms with E-state index < -0.39 is 6.17 Å². The number of halogens is 2. The topological polar surface area (TPSA) is 75.4 Å². The lowest BCUT2D eigenvalue weighted by Gasteiger charge is -2.39. The van der Waals surface area contributed by atoms with Crippen LogP contribution in [0.5, 0.6) is 11.8 Å². The van der Waals surface area contributed by atoms with E-state index in [-0.39, 0.29) is 36.1 Å². The maximum atomic E-state index is 14.7. The molecule has 3 aromatic rings. The largest absolute Gasteiger partial charge is 0.487 e. The predicted molar refractivity (Wildman–Crippen MR) is 186 cm³/mol. The van der Waals surface area contributed by atoms with Crippen LogP contribution in [0.15, 0.2) is 36.9 Å². The molecule has 0 radical (unpaired) electrons. The highest BCUT2D eigenvalue weighted by atomic mass is 35.5. The number of fused-ring (bicyclic) bond motifs is 5. The van der Waals surface area contributed by atoms with Gasteiger partial charge in [0.05, 0.1) is 16.7 Å². The minimum Gasteiger partial charge on any atom is -0.487 e. The van der Waals surface area contributed by atoms with E-state index in [2.05, 4.69) is 39.4 Å². The van der Waals surface area contributed by atoms with Gasteiger partial charge >= 0.3 is 6.01 Å². The summed E-state index contributed by atoms with van der Waals surface area (Å²) in [6, 6.07) is 8.37. The molecule has 3 aliphatic carbocycles. The van der Waals surface area contributed by atoms with E-state index in [0.717, 1.165) is 55.2 Å². The number of piperazine rings is 1. The van der Waals surface area contributed by atoms with Crippen molar-refractivity contribution >= 4 is 34.2 Å². The Morgan fingerprint density at radius 2 is 2.10 bits per heavy atom. The minimum atomic E-state index is -0.868. The third kappa shape index (κ3) is 5.32. The second kappa shape index (κ2) is 11.8. The van der Waals surface area contributed by atoms with E-state index >= 15 is 0 Å². The summed E-state index contributed by atoms with van der Waals surface area (Å²) < 4.78 is 27.9. The van der Waals surface area contributed by atoms with Gasteiger partial charge in [-0.15, -0.1) is 0 Å². The van der Waals surface area contributed by atoms with Gasteiger partial charge in [-0.1, -0.05) is 36.4 Å². The fourth-order valence-corrected chi connectivity index (χ4v) is 9.38. The highest BCUT2D eigenvalue weighted by molar-refractivity contribution is 6.35. The zero-order valence-electron chi connectivity index (χ0n) is 27.5. The molecule has 9 nitrogen and oxygen atoms in total. The van der Waals surface area contributed by atoms with Gasteiger partial charge in [-0.05, 0) is 85.7 Å². The molecule has 1 aromatic heterocycles. The van der Waals surface area contributed by atoms with Crippen molar-refractivity contribution in [1.82, 2.24) is 19.8 Å². The van der Waals surface area contributed by atoms with E-state index in [1.165, 1.54) is 23.6 Å². The number of carbonyl (C=O) groups excluding carboxylic acids is 1. The first kappa shape index (κ1) is 31.1. The lowest BCUT2D eigenvalue weighted by atomic mass is 9.93. The molecule has 2 aromatic carbocycles. The van der Waals surface area contributed by atoms with Gasteiger partial charge in [0.25, 0.3) is 0 Å². The molecule has 6 aliphatic rings. The monoisotopic (exact) mass is 682 g/mol. The number of hydrogen-bond donors (Lipinski definition) is 0. The molecule has 2 saturated carbocycles. The van der Waals surface area contributed by atoms with Crippen LogP contribution in [0, 0.1) is 12.5 Å². The number of carbonyl (C=O) groups is 1. The van der Waals surface area contributed by atoms with Crippen LogP contribution >= 0.6 is 11.6 Å². The summed E-state index contributed by atoms with van der Waals surface area (Å²) in [4.78, 5) is 32.5. The summed E-state index contributed by atoms with van der Waals surface area (Å²) in [7, 11) is 0. The normalized spacial score (nSPS) is 28.6. The van der Waals surface area contributed by atoms with Crippen molar-refractivity contribution in [3.63, 3.8) is 0 Å². The number of benzene rings is 2. The summed E-state index contributed by atoms with van der Waals surface area (Å²) in [5.74, 6) is 2.44. The highest BCUT2D eigenvalue weighted by Crippen LogP contribution is 2.59. The van der Waals surface area contributed by atoms with Crippen molar-refractivity contribution in [3.05, 3.63) is 64.5 Å². The number of rotatable bonds is 9. The standard InChI is InChI=1S/C38H40ClFN6O3/c1-3-32(47)46-13-12-44(20-24(46)18-41-2)36-30-16-31(39)33(27-7-4-6-26-28-14-22(28)15-29(26)27)35(49-25-8-9-25)34(30)42-37(43-36)48-21-38-10-5-11-45(38)19-23(40)17-38/h3-4,6-7,16,22-25,28H,1,5,8-15,17-21H2/t22?,23-,24+,28?,38+/m1/s1. The Labute approximate surface area is 290 Å². The van der Waals surface area contributed by atoms with Gasteiger partial charge in [0.1, 0.15) is 30.2 Å². The van der Waals surface area contributed by atoms with E-state index in [0.29, 0.717) is 73.1 Å².